The van der Waals surface area contributed by atoms with Crippen LogP contribution in [0.4, 0.5) is 0 Å². The molecule has 0 fully saturated rings. The predicted octanol–water partition coefficient (Wildman–Crippen LogP) is 2.90. The van der Waals surface area contributed by atoms with Gasteiger partial charge in [-0.25, -0.2) is 13.2 Å². The first-order chi connectivity index (χ1) is 15.2. The van der Waals surface area contributed by atoms with Gasteiger partial charge in [-0.15, -0.1) is 0 Å². The van der Waals surface area contributed by atoms with Gasteiger partial charge < -0.3 is 9.30 Å². The second-order valence-corrected chi connectivity index (χ2v) is 9.29. The largest absolute Gasteiger partial charge is 0.464 e. The second kappa shape index (κ2) is 9.46. The highest BCUT2D eigenvalue weighted by atomic mass is 32.2. The lowest BCUT2D eigenvalue weighted by Crippen LogP contribution is -2.35. The smallest absolute Gasteiger partial charge is 0.354 e. The molecule has 0 spiro atoms. The zero-order valence-corrected chi connectivity index (χ0v) is 19.2. The van der Waals surface area contributed by atoms with Crippen molar-refractivity contribution in [1.82, 2.24) is 13.9 Å². The van der Waals surface area contributed by atoms with Gasteiger partial charge in [0.15, 0.2) is 5.78 Å². The molecule has 0 N–H and O–H groups in total. The van der Waals surface area contributed by atoms with Crippen molar-refractivity contribution in [2.24, 2.45) is 7.05 Å². The molecule has 0 amide bonds. The number of Topliss-reactive ketones (excluding diaryl/α,β-unsaturated/α-hetero) is 1. The Kier molecular flexibility index (Phi) is 6.90. The fraction of sp³-hybridized carbons (Fsp3) is 0.261. The van der Waals surface area contributed by atoms with Gasteiger partial charge in [-0.2, -0.15) is 4.31 Å². The highest BCUT2D eigenvalue weighted by Crippen LogP contribution is 2.25. The summed E-state index contributed by atoms with van der Waals surface area (Å²) in [6, 6.07) is 11.4. The number of sulfonamides is 1. The van der Waals surface area contributed by atoms with Crippen LogP contribution in [0.15, 0.2) is 59.8 Å². The van der Waals surface area contributed by atoms with Gasteiger partial charge in [0.1, 0.15) is 5.69 Å². The van der Waals surface area contributed by atoms with Crippen LogP contribution in [-0.4, -0.2) is 47.7 Å². The second-order valence-electron chi connectivity index (χ2n) is 7.35. The molecule has 0 saturated heterocycles. The fourth-order valence-electron chi connectivity index (χ4n) is 3.67. The third kappa shape index (κ3) is 4.49. The van der Waals surface area contributed by atoms with Crippen LogP contribution >= 0.6 is 0 Å². The van der Waals surface area contributed by atoms with Crippen molar-refractivity contribution >= 4 is 21.8 Å². The fourth-order valence-corrected chi connectivity index (χ4v) is 5.08. The summed E-state index contributed by atoms with van der Waals surface area (Å²) in [6.07, 6.45) is 3.14. The van der Waals surface area contributed by atoms with Crippen molar-refractivity contribution in [2.45, 2.75) is 25.3 Å². The maximum Gasteiger partial charge on any atom is 0.354 e. The number of hydrogen-bond acceptors (Lipinski definition) is 6. The maximum absolute atomic E-state index is 13.4. The van der Waals surface area contributed by atoms with Gasteiger partial charge in [0.05, 0.1) is 18.6 Å². The number of nitrogens with zero attached hydrogens (tertiary/aromatic N) is 3. The summed E-state index contributed by atoms with van der Waals surface area (Å²) in [5.74, 6) is -0.961. The highest BCUT2D eigenvalue weighted by Gasteiger charge is 2.31. The number of methoxy groups -OCH3 is 1. The molecule has 0 atom stereocenters. The van der Waals surface area contributed by atoms with E-state index in [9.17, 15) is 18.0 Å². The molecule has 8 nitrogen and oxygen atoms in total. The number of aromatic nitrogens is 2. The Morgan fingerprint density at radius 3 is 2.28 bits per heavy atom. The monoisotopic (exact) mass is 455 g/mol. The summed E-state index contributed by atoms with van der Waals surface area (Å²) in [6.45, 7) is 2.99. The molecule has 0 saturated carbocycles. The Hall–Kier alpha value is -3.30. The van der Waals surface area contributed by atoms with Crippen LogP contribution < -0.4 is 0 Å². The summed E-state index contributed by atoms with van der Waals surface area (Å²) in [7, 11) is -1.02. The normalized spacial score (nSPS) is 11.5. The third-order valence-electron chi connectivity index (χ3n) is 5.40. The minimum absolute atomic E-state index is 0.000273. The minimum Gasteiger partial charge on any atom is -0.464 e. The van der Waals surface area contributed by atoms with Gasteiger partial charge in [0.25, 0.3) is 0 Å². The van der Waals surface area contributed by atoms with Gasteiger partial charge in [-0.3, -0.25) is 9.78 Å². The lowest BCUT2D eigenvalue weighted by atomic mass is 10.1. The molecule has 1 aromatic carbocycles. The van der Waals surface area contributed by atoms with E-state index in [1.807, 2.05) is 0 Å². The number of rotatable bonds is 8. The standard InChI is InChI=1S/C23H25N3O5S/c1-16-21(17(2)25(3)22(16)23(28)31-4)20(27)15-26(14-18-10-12-24-13-11-18)32(29,30)19-8-6-5-7-9-19/h5-13H,14-15H2,1-4H3. The van der Waals surface area contributed by atoms with E-state index in [4.69, 9.17) is 4.74 Å². The number of hydrogen-bond donors (Lipinski definition) is 0. The van der Waals surface area contributed by atoms with Crippen molar-refractivity contribution in [1.29, 1.82) is 0 Å². The van der Waals surface area contributed by atoms with Crippen LogP contribution in [0.5, 0.6) is 0 Å². The molecule has 2 aromatic heterocycles. The summed E-state index contributed by atoms with van der Waals surface area (Å²) in [4.78, 5) is 29.6. The van der Waals surface area contributed by atoms with Gasteiger partial charge in [-0.1, -0.05) is 18.2 Å². The number of ketones is 1. The van der Waals surface area contributed by atoms with E-state index in [0.717, 1.165) is 4.31 Å². The van der Waals surface area contributed by atoms with Gasteiger partial charge in [0.2, 0.25) is 10.0 Å². The molecule has 3 rings (SSSR count). The Bertz CT molecular complexity index is 1240. The molecule has 168 valence electrons. The summed E-state index contributed by atoms with van der Waals surface area (Å²) in [5.41, 5.74) is 2.30. The molecule has 2 heterocycles. The molecular weight excluding hydrogens is 430 g/mol. The van der Waals surface area contributed by atoms with Crippen LogP contribution in [0.25, 0.3) is 0 Å². The number of carbonyl (C=O) groups excluding carboxylic acids is 2. The highest BCUT2D eigenvalue weighted by molar-refractivity contribution is 7.89. The van der Waals surface area contributed by atoms with Crippen molar-refractivity contribution in [3.05, 3.63) is 82.9 Å². The van der Waals surface area contributed by atoms with E-state index >= 15 is 0 Å². The zero-order valence-electron chi connectivity index (χ0n) is 18.4. The molecule has 9 heteroatoms. The number of carbonyl (C=O) groups is 2. The van der Waals surface area contributed by atoms with E-state index in [1.165, 1.54) is 19.2 Å². The Labute approximate surface area is 187 Å². The molecule has 3 aromatic rings. The first kappa shape index (κ1) is 23.4. The Morgan fingerprint density at radius 2 is 1.69 bits per heavy atom. The SMILES string of the molecule is COC(=O)c1c(C)c(C(=O)CN(Cc2ccncc2)S(=O)(=O)c2ccccc2)c(C)n1C. The lowest BCUT2D eigenvalue weighted by Gasteiger charge is -2.22. The minimum atomic E-state index is -3.96. The van der Waals surface area contributed by atoms with E-state index in [1.54, 1.807) is 68.2 Å². The molecule has 0 aliphatic heterocycles. The number of ether oxygens (including phenoxy) is 1. The van der Waals surface area contributed by atoms with Crippen LogP contribution in [0.2, 0.25) is 0 Å². The number of benzene rings is 1. The molecule has 0 aliphatic rings. The average Bonchev–Trinajstić information content (AvgIpc) is 3.02. The maximum atomic E-state index is 13.4. The number of pyridine rings is 1. The topological polar surface area (TPSA) is 98.6 Å². The van der Waals surface area contributed by atoms with Crippen molar-refractivity contribution in [3.63, 3.8) is 0 Å². The summed E-state index contributed by atoms with van der Waals surface area (Å²) >= 11 is 0. The molecule has 0 unspecified atom stereocenters. The van der Waals surface area contributed by atoms with Crippen LogP contribution in [-0.2, 0) is 28.4 Å². The van der Waals surface area contributed by atoms with Crippen molar-refractivity contribution in [2.75, 3.05) is 13.7 Å². The van der Waals surface area contributed by atoms with Crippen LogP contribution in [0.1, 0.15) is 37.7 Å². The average molecular weight is 456 g/mol. The Morgan fingerprint density at radius 1 is 1.06 bits per heavy atom. The van der Waals surface area contributed by atoms with E-state index in [0.29, 0.717) is 22.4 Å². The third-order valence-corrected chi connectivity index (χ3v) is 7.20. The molecule has 0 radical (unpaired) electrons. The summed E-state index contributed by atoms with van der Waals surface area (Å²) in [5, 5.41) is 0. The van der Waals surface area contributed by atoms with E-state index in [2.05, 4.69) is 4.98 Å². The molecule has 0 aliphatic carbocycles. The van der Waals surface area contributed by atoms with Crippen molar-refractivity contribution < 1.29 is 22.7 Å². The van der Waals surface area contributed by atoms with Crippen molar-refractivity contribution in [3.8, 4) is 0 Å². The molecule has 32 heavy (non-hydrogen) atoms. The lowest BCUT2D eigenvalue weighted by molar-refractivity contribution is 0.0588. The molecular formula is C23H25N3O5S. The predicted molar refractivity (Wildman–Crippen MR) is 119 cm³/mol. The summed E-state index contributed by atoms with van der Waals surface area (Å²) < 4.78 is 34.3. The zero-order chi connectivity index (χ0) is 23.5. The first-order valence-corrected chi connectivity index (χ1v) is 11.3. The molecule has 0 bridgehead atoms. The van der Waals surface area contributed by atoms with Gasteiger partial charge in [0, 0.05) is 37.2 Å². The van der Waals surface area contributed by atoms with Gasteiger partial charge in [-0.05, 0) is 49.2 Å². The Balaban J connectivity index is 2.02. The first-order valence-electron chi connectivity index (χ1n) is 9.90. The quantitative estimate of drug-likeness (QED) is 0.383. The number of esters is 1. The van der Waals surface area contributed by atoms with E-state index < -0.39 is 21.8 Å². The van der Waals surface area contributed by atoms with Crippen LogP contribution in [0, 0.1) is 13.8 Å². The van der Waals surface area contributed by atoms with Gasteiger partial charge >= 0.3 is 5.97 Å². The van der Waals surface area contributed by atoms with E-state index in [-0.39, 0.29) is 23.7 Å². The van der Waals surface area contributed by atoms with Crippen LogP contribution in [0.3, 0.4) is 0 Å².